The maximum atomic E-state index is 11.0. The smallest absolute Gasteiger partial charge is 0.335 e. The SMILES string of the molecule is O=Cc1ccc(Oc2ccc3cc(C(=O)O)ccc3c2)cc1. The predicted molar refractivity (Wildman–Crippen MR) is 82.8 cm³/mol. The van der Waals surface area contributed by atoms with E-state index in [2.05, 4.69) is 0 Å². The molecular formula is C18H12O4. The van der Waals surface area contributed by atoms with Crippen LogP contribution in [0.2, 0.25) is 0 Å². The number of hydrogen-bond donors (Lipinski definition) is 1. The van der Waals surface area contributed by atoms with Crippen molar-refractivity contribution in [3.63, 3.8) is 0 Å². The monoisotopic (exact) mass is 292 g/mol. The maximum Gasteiger partial charge on any atom is 0.335 e. The Kier molecular flexibility index (Phi) is 3.58. The zero-order valence-corrected chi connectivity index (χ0v) is 11.5. The lowest BCUT2D eigenvalue weighted by Crippen LogP contribution is -1.95. The number of ether oxygens (including phenoxy) is 1. The van der Waals surface area contributed by atoms with Crippen LogP contribution in [-0.2, 0) is 0 Å². The Labute approximate surface area is 126 Å². The van der Waals surface area contributed by atoms with Crippen molar-refractivity contribution in [3.05, 3.63) is 71.8 Å². The van der Waals surface area contributed by atoms with Gasteiger partial charge < -0.3 is 9.84 Å². The van der Waals surface area contributed by atoms with Gasteiger partial charge in [-0.15, -0.1) is 0 Å². The Balaban J connectivity index is 1.89. The van der Waals surface area contributed by atoms with E-state index in [0.29, 0.717) is 17.1 Å². The van der Waals surface area contributed by atoms with Crippen molar-refractivity contribution in [2.24, 2.45) is 0 Å². The van der Waals surface area contributed by atoms with Gasteiger partial charge in [-0.2, -0.15) is 0 Å². The van der Waals surface area contributed by atoms with Crippen molar-refractivity contribution in [2.75, 3.05) is 0 Å². The molecule has 0 aliphatic heterocycles. The molecule has 0 aliphatic carbocycles. The van der Waals surface area contributed by atoms with Gasteiger partial charge in [-0.3, -0.25) is 4.79 Å². The van der Waals surface area contributed by atoms with Crippen LogP contribution >= 0.6 is 0 Å². The maximum absolute atomic E-state index is 11.0. The highest BCUT2D eigenvalue weighted by molar-refractivity contribution is 5.94. The summed E-state index contributed by atoms with van der Waals surface area (Å²) in [6.07, 6.45) is 0.778. The van der Waals surface area contributed by atoms with Gasteiger partial charge in [0.1, 0.15) is 17.8 Å². The minimum absolute atomic E-state index is 0.255. The van der Waals surface area contributed by atoms with Gasteiger partial charge in [0.25, 0.3) is 0 Å². The third-order valence-electron chi connectivity index (χ3n) is 3.31. The van der Waals surface area contributed by atoms with Gasteiger partial charge in [0.05, 0.1) is 5.56 Å². The first-order valence-electron chi connectivity index (χ1n) is 6.66. The molecule has 1 N–H and O–H groups in total. The fourth-order valence-corrected chi connectivity index (χ4v) is 2.17. The molecule has 0 saturated heterocycles. The summed E-state index contributed by atoms with van der Waals surface area (Å²) in [6, 6.07) is 17.2. The summed E-state index contributed by atoms with van der Waals surface area (Å²) in [4.78, 5) is 21.6. The molecule has 108 valence electrons. The lowest BCUT2D eigenvalue weighted by molar-refractivity contribution is 0.0697. The van der Waals surface area contributed by atoms with Crippen LogP contribution in [0.5, 0.6) is 11.5 Å². The van der Waals surface area contributed by atoms with Crippen LogP contribution < -0.4 is 4.74 Å². The van der Waals surface area contributed by atoms with Crippen LogP contribution in [0.1, 0.15) is 20.7 Å². The lowest BCUT2D eigenvalue weighted by atomic mass is 10.1. The molecule has 0 fully saturated rings. The van der Waals surface area contributed by atoms with E-state index >= 15 is 0 Å². The molecule has 4 heteroatoms. The van der Waals surface area contributed by atoms with Crippen LogP contribution in [0, 0.1) is 0 Å². The molecule has 0 amide bonds. The molecule has 0 heterocycles. The Morgan fingerprint density at radius 1 is 0.864 bits per heavy atom. The second-order valence-corrected chi connectivity index (χ2v) is 4.82. The zero-order chi connectivity index (χ0) is 15.5. The zero-order valence-electron chi connectivity index (χ0n) is 11.5. The summed E-state index contributed by atoms with van der Waals surface area (Å²) in [5.41, 5.74) is 0.845. The van der Waals surface area contributed by atoms with E-state index in [0.717, 1.165) is 17.1 Å². The summed E-state index contributed by atoms with van der Waals surface area (Å²) in [7, 11) is 0. The Bertz CT molecular complexity index is 851. The quantitative estimate of drug-likeness (QED) is 0.734. The summed E-state index contributed by atoms with van der Waals surface area (Å²) < 4.78 is 5.73. The average Bonchev–Trinajstić information content (AvgIpc) is 2.55. The van der Waals surface area contributed by atoms with Crippen LogP contribution in [0.3, 0.4) is 0 Å². The number of aromatic carboxylic acids is 1. The number of aldehydes is 1. The van der Waals surface area contributed by atoms with Crippen molar-refractivity contribution >= 4 is 23.0 Å². The van der Waals surface area contributed by atoms with Crippen LogP contribution in [0.15, 0.2) is 60.7 Å². The molecule has 3 aromatic carbocycles. The van der Waals surface area contributed by atoms with Crippen LogP contribution in [0.4, 0.5) is 0 Å². The number of carbonyl (C=O) groups excluding carboxylic acids is 1. The molecule has 0 atom stereocenters. The largest absolute Gasteiger partial charge is 0.478 e. The summed E-state index contributed by atoms with van der Waals surface area (Å²) in [5, 5.41) is 10.7. The highest BCUT2D eigenvalue weighted by Gasteiger charge is 2.05. The molecular weight excluding hydrogens is 280 g/mol. The first-order chi connectivity index (χ1) is 10.7. The Morgan fingerprint density at radius 3 is 2.18 bits per heavy atom. The third-order valence-corrected chi connectivity index (χ3v) is 3.31. The van der Waals surface area contributed by atoms with E-state index in [-0.39, 0.29) is 5.56 Å². The van der Waals surface area contributed by atoms with Crippen molar-refractivity contribution in [3.8, 4) is 11.5 Å². The van der Waals surface area contributed by atoms with Gasteiger partial charge in [-0.1, -0.05) is 12.1 Å². The average molecular weight is 292 g/mol. The van der Waals surface area contributed by atoms with Crippen molar-refractivity contribution in [1.29, 1.82) is 0 Å². The molecule has 0 aromatic heterocycles. The lowest BCUT2D eigenvalue weighted by Gasteiger charge is -2.07. The van der Waals surface area contributed by atoms with E-state index in [1.165, 1.54) is 0 Å². The van der Waals surface area contributed by atoms with Gasteiger partial charge >= 0.3 is 5.97 Å². The Morgan fingerprint density at radius 2 is 1.50 bits per heavy atom. The van der Waals surface area contributed by atoms with Crippen LogP contribution in [-0.4, -0.2) is 17.4 Å². The number of benzene rings is 3. The Hall–Kier alpha value is -3.14. The minimum Gasteiger partial charge on any atom is -0.478 e. The molecule has 22 heavy (non-hydrogen) atoms. The molecule has 4 nitrogen and oxygen atoms in total. The van der Waals surface area contributed by atoms with Gasteiger partial charge in [-0.25, -0.2) is 4.79 Å². The van der Waals surface area contributed by atoms with Crippen molar-refractivity contribution in [2.45, 2.75) is 0 Å². The molecule has 0 radical (unpaired) electrons. The number of carboxylic acids is 1. The van der Waals surface area contributed by atoms with Crippen molar-refractivity contribution < 1.29 is 19.4 Å². The summed E-state index contributed by atoms with van der Waals surface area (Å²) >= 11 is 0. The fourth-order valence-electron chi connectivity index (χ4n) is 2.17. The second kappa shape index (κ2) is 5.69. The first-order valence-corrected chi connectivity index (χ1v) is 6.66. The molecule has 0 spiro atoms. The standard InChI is InChI=1S/C18H12O4/c19-11-12-1-6-16(7-2-12)22-17-8-5-13-9-15(18(20)21)4-3-14(13)10-17/h1-11H,(H,20,21). The van der Waals surface area contributed by atoms with Crippen LogP contribution in [0.25, 0.3) is 10.8 Å². The second-order valence-electron chi connectivity index (χ2n) is 4.82. The molecule has 0 aliphatic rings. The van der Waals surface area contributed by atoms with E-state index in [1.54, 1.807) is 48.5 Å². The number of carbonyl (C=O) groups is 2. The fraction of sp³-hybridized carbons (Fsp3) is 0. The normalized spacial score (nSPS) is 10.4. The number of carboxylic acid groups (broad SMARTS) is 1. The van der Waals surface area contributed by atoms with E-state index in [4.69, 9.17) is 9.84 Å². The molecule has 3 rings (SSSR count). The topological polar surface area (TPSA) is 63.6 Å². The van der Waals surface area contributed by atoms with Gasteiger partial charge in [-0.05, 0) is 59.3 Å². The third kappa shape index (κ3) is 2.81. The number of fused-ring (bicyclic) bond motifs is 1. The van der Waals surface area contributed by atoms with E-state index in [9.17, 15) is 9.59 Å². The summed E-state index contributed by atoms with van der Waals surface area (Å²) in [6.45, 7) is 0. The van der Waals surface area contributed by atoms with Gasteiger partial charge in [0, 0.05) is 5.56 Å². The molecule has 0 bridgehead atoms. The molecule has 0 unspecified atom stereocenters. The van der Waals surface area contributed by atoms with E-state index < -0.39 is 5.97 Å². The van der Waals surface area contributed by atoms with E-state index in [1.807, 2.05) is 12.1 Å². The molecule has 0 saturated carbocycles. The molecule has 3 aromatic rings. The number of hydrogen-bond acceptors (Lipinski definition) is 3. The predicted octanol–water partition coefficient (Wildman–Crippen LogP) is 4.14. The van der Waals surface area contributed by atoms with Crippen molar-refractivity contribution in [1.82, 2.24) is 0 Å². The summed E-state index contributed by atoms with van der Waals surface area (Å²) in [5.74, 6) is 0.332. The highest BCUT2D eigenvalue weighted by Crippen LogP contribution is 2.26. The number of rotatable bonds is 4. The first kappa shape index (κ1) is 13.8. The van der Waals surface area contributed by atoms with Gasteiger partial charge in [0.15, 0.2) is 0 Å². The van der Waals surface area contributed by atoms with Gasteiger partial charge in [0.2, 0.25) is 0 Å². The highest BCUT2D eigenvalue weighted by atomic mass is 16.5. The minimum atomic E-state index is -0.947.